The highest BCUT2D eigenvalue weighted by molar-refractivity contribution is 5.97. The fourth-order valence-corrected chi connectivity index (χ4v) is 2.50. The molecule has 2 N–H and O–H groups in total. The molecule has 0 aromatic heterocycles. The molecule has 6 nitrogen and oxygen atoms in total. The molecule has 0 saturated heterocycles. The Morgan fingerprint density at radius 2 is 2.24 bits per heavy atom. The highest BCUT2D eigenvalue weighted by atomic mass is 16.4. The molecule has 0 spiro atoms. The normalized spacial score (nSPS) is 13.8. The topological polar surface area (TPSA) is 72.9 Å². The number of amides is 2. The lowest BCUT2D eigenvalue weighted by Crippen LogP contribution is -2.39. The van der Waals surface area contributed by atoms with Crippen molar-refractivity contribution in [1.29, 1.82) is 0 Å². The number of fused-ring (bicyclic) bond motifs is 1. The SMILES string of the molecule is CNc1ccc2c(c1)CCN(CCCN(C)C(=O)O)C2=O. The molecular formula is C15H21N3O3. The summed E-state index contributed by atoms with van der Waals surface area (Å²) in [4.78, 5) is 26.2. The van der Waals surface area contributed by atoms with Crippen LogP contribution in [0.15, 0.2) is 18.2 Å². The fourth-order valence-electron chi connectivity index (χ4n) is 2.50. The largest absolute Gasteiger partial charge is 0.465 e. The molecule has 1 heterocycles. The Bertz CT molecular complexity index is 545. The van der Waals surface area contributed by atoms with Gasteiger partial charge in [-0.05, 0) is 36.6 Å². The van der Waals surface area contributed by atoms with Crippen LogP contribution >= 0.6 is 0 Å². The van der Waals surface area contributed by atoms with Crippen LogP contribution in [-0.4, -0.2) is 60.6 Å². The van der Waals surface area contributed by atoms with Crippen molar-refractivity contribution in [1.82, 2.24) is 9.80 Å². The lowest BCUT2D eigenvalue weighted by Gasteiger charge is -2.29. The molecule has 1 aromatic carbocycles. The zero-order valence-electron chi connectivity index (χ0n) is 12.4. The molecule has 21 heavy (non-hydrogen) atoms. The Morgan fingerprint density at radius 1 is 1.48 bits per heavy atom. The van der Waals surface area contributed by atoms with E-state index >= 15 is 0 Å². The van der Waals surface area contributed by atoms with Crippen LogP contribution in [0.5, 0.6) is 0 Å². The van der Waals surface area contributed by atoms with Gasteiger partial charge in [0.15, 0.2) is 0 Å². The summed E-state index contributed by atoms with van der Waals surface area (Å²) < 4.78 is 0. The predicted molar refractivity (Wildman–Crippen MR) is 80.9 cm³/mol. The van der Waals surface area contributed by atoms with Crippen LogP contribution in [0, 0.1) is 0 Å². The number of carbonyl (C=O) groups excluding carboxylic acids is 1. The maximum atomic E-state index is 12.4. The maximum absolute atomic E-state index is 12.4. The number of hydrogen-bond acceptors (Lipinski definition) is 3. The Labute approximate surface area is 124 Å². The number of hydrogen-bond donors (Lipinski definition) is 2. The summed E-state index contributed by atoms with van der Waals surface area (Å²) in [6.45, 7) is 1.71. The van der Waals surface area contributed by atoms with Crippen LogP contribution in [-0.2, 0) is 6.42 Å². The number of nitrogens with one attached hydrogen (secondary N) is 1. The summed E-state index contributed by atoms with van der Waals surface area (Å²) >= 11 is 0. The van der Waals surface area contributed by atoms with Crippen molar-refractivity contribution >= 4 is 17.7 Å². The van der Waals surface area contributed by atoms with Crippen LogP contribution in [0.3, 0.4) is 0 Å². The quantitative estimate of drug-likeness (QED) is 0.866. The second kappa shape index (κ2) is 6.47. The van der Waals surface area contributed by atoms with Gasteiger partial charge in [0.05, 0.1) is 0 Å². The Kier molecular flexibility index (Phi) is 4.67. The van der Waals surface area contributed by atoms with Gasteiger partial charge in [-0.3, -0.25) is 4.79 Å². The molecule has 0 bridgehead atoms. The Hall–Kier alpha value is -2.24. The molecule has 2 rings (SSSR count). The predicted octanol–water partition coefficient (Wildman–Crippen LogP) is 1.73. The van der Waals surface area contributed by atoms with Gasteiger partial charge in [0.25, 0.3) is 5.91 Å². The number of nitrogens with zero attached hydrogens (tertiary/aromatic N) is 2. The summed E-state index contributed by atoms with van der Waals surface area (Å²) in [5.74, 6) is 0.0388. The first-order valence-corrected chi connectivity index (χ1v) is 7.07. The zero-order valence-corrected chi connectivity index (χ0v) is 12.4. The summed E-state index contributed by atoms with van der Waals surface area (Å²) in [6.07, 6.45) is 0.550. The number of benzene rings is 1. The smallest absolute Gasteiger partial charge is 0.407 e. The molecule has 2 amide bonds. The standard InChI is InChI=1S/C15H21N3O3/c1-16-12-4-5-13-11(10-12)6-9-18(14(13)19)8-3-7-17(2)15(20)21/h4-5,10,16H,3,6-9H2,1-2H3,(H,20,21). The molecule has 114 valence electrons. The molecule has 0 atom stereocenters. The van der Waals surface area contributed by atoms with E-state index in [2.05, 4.69) is 5.32 Å². The lowest BCUT2D eigenvalue weighted by atomic mass is 9.98. The van der Waals surface area contributed by atoms with Crippen molar-refractivity contribution in [2.24, 2.45) is 0 Å². The molecule has 0 fully saturated rings. The van der Waals surface area contributed by atoms with Crippen LogP contribution in [0.2, 0.25) is 0 Å². The third kappa shape index (κ3) is 3.45. The molecule has 0 unspecified atom stereocenters. The molecular weight excluding hydrogens is 270 g/mol. The second-order valence-corrected chi connectivity index (χ2v) is 5.22. The molecule has 0 radical (unpaired) electrons. The van der Waals surface area contributed by atoms with Crippen LogP contribution < -0.4 is 5.32 Å². The number of carboxylic acid groups (broad SMARTS) is 1. The molecule has 1 aliphatic heterocycles. The van der Waals surface area contributed by atoms with Crippen molar-refractivity contribution < 1.29 is 14.7 Å². The third-order valence-electron chi connectivity index (χ3n) is 3.81. The third-order valence-corrected chi connectivity index (χ3v) is 3.81. The molecule has 0 saturated carbocycles. The summed E-state index contributed by atoms with van der Waals surface area (Å²) in [5, 5.41) is 11.9. The van der Waals surface area contributed by atoms with Crippen molar-refractivity contribution in [3.63, 3.8) is 0 Å². The Morgan fingerprint density at radius 3 is 2.90 bits per heavy atom. The summed E-state index contributed by atoms with van der Waals surface area (Å²) in [7, 11) is 3.40. The van der Waals surface area contributed by atoms with E-state index in [1.165, 1.54) is 11.9 Å². The average molecular weight is 291 g/mol. The number of carbonyl (C=O) groups is 2. The average Bonchev–Trinajstić information content (AvgIpc) is 2.48. The van der Waals surface area contributed by atoms with Gasteiger partial charge >= 0.3 is 6.09 Å². The highest BCUT2D eigenvalue weighted by Crippen LogP contribution is 2.22. The van der Waals surface area contributed by atoms with Gasteiger partial charge in [0.1, 0.15) is 0 Å². The van der Waals surface area contributed by atoms with Crippen molar-refractivity contribution in [3.8, 4) is 0 Å². The number of anilines is 1. The fraction of sp³-hybridized carbons (Fsp3) is 0.467. The van der Waals surface area contributed by atoms with Crippen LogP contribution in [0.4, 0.5) is 10.5 Å². The maximum Gasteiger partial charge on any atom is 0.407 e. The van der Waals surface area contributed by atoms with Gasteiger partial charge < -0.3 is 20.2 Å². The number of rotatable bonds is 5. The minimum Gasteiger partial charge on any atom is -0.465 e. The van der Waals surface area contributed by atoms with Crippen molar-refractivity contribution in [2.45, 2.75) is 12.8 Å². The van der Waals surface area contributed by atoms with E-state index in [1.54, 1.807) is 4.90 Å². The summed E-state index contributed by atoms with van der Waals surface area (Å²) in [5.41, 5.74) is 2.84. The zero-order chi connectivity index (χ0) is 15.4. The van der Waals surface area contributed by atoms with Crippen molar-refractivity contribution in [3.05, 3.63) is 29.3 Å². The van der Waals surface area contributed by atoms with E-state index in [9.17, 15) is 9.59 Å². The minimum absolute atomic E-state index is 0.0388. The van der Waals surface area contributed by atoms with Crippen LogP contribution in [0.25, 0.3) is 0 Å². The van der Waals surface area contributed by atoms with Gasteiger partial charge in [-0.1, -0.05) is 0 Å². The first kappa shape index (κ1) is 15.2. The van der Waals surface area contributed by atoms with Gasteiger partial charge in [0, 0.05) is 45.0 Å². The van der Waals surface area contributed by atoms with Gasteiger partial charge in [-0.15, -0.1) is 0 Å². The second-order valence-electron chi connectivity index (χ2n) is 5.22. The summed E-state index contributed by atoms with van der Waals surface area (Å²) in [6, 6.07) is 5.78. The van der Waals surface area contributed by atoms with E-state index in [4.69, 9.17) is 5.11 Å². The van der Waals surface area contributed by atoms with Gasteiger partial charge in [0.2, 0.25) is 0 Å². The van der Waals surface area contributed by atoms with Crippen LogP contribution in [0.1, 0.15) is 22.3 Å². The Balaban J connectivity index is 1.96. The monoisotopic (exact) mass is 291 g/mol. The molecule has 1 aromatic rings. The van der Waals surface area contributed by atoms with E-state index in [0.717, 1.165) is 23.2 Å². The van der Waals surface area contributed by atoms with Gasteiger partial charge in [-0.2, -0.15) is 0 Å². The molecule has 1 aliphatic rings. The highest BCUT2D eigenvalue weighted by Gasteiger charge is 2.24. The van der Waals surface area contributed by atoms with E-state index in [-0.39, 0.29) is 5.91 Å². The van der Waals surface area contributed by atoms with Crippen molar-refractivity contribution in [2.75, 3.05) is 39.0 Å². The first-order valence-electron chi connectivity index (χ1n) is 7.07. The van der Waals surface area contributed by atoms with E-state index in [1.807, 2.05) is 25.2 Å². The molecule has 0 aliphatic carbocycles. The minimum atomic E-state index is -0.940. The lowest BCUT2D eigenvalue weighted by molar-refractivity contribution is 0.0734. The molecule has 6 heteroatoms. The van der Waals surface area contributed by atoms with E-state index < -0.39 is 6.09 Å². The van der Waals surface area contributed by atoms with Gasteiger partial charge in [-0.25, -0.2) is 4.79 Å². The first-order chi connectivity index (χ1) is 10.0. The van der Waals surface area contributed by atoms with E-state index in [0.29, 0.717) is 26.1 Å².